The van der Waals surface area contributed by atoms with E-state index in [-0.39, 0.29) is 22.8 Å². The fourth-order valence-corrected chi connectivity index (χ4v) is 5.57. The average molecular weight is 449 g/mol. The van der Waals surface area contributed by atoms with E-state index in [2.05, 4.69) is 21.8 Å². The highest BCUT2D eigenvalue weighted by molar-refractivity contribution is 7.89. The van der Waals surface area contributed by atoms with Gasteiger partial charge in [0.25, 0.3) is 0 Å². The van der Waals surface area contributed by atoms with E-state index in [1.807, 2.05) is 13.8 Å². The molecule has 2 saturated heterocycles. The summed E-state index contributed by atoms with van der Waals surface area (Å²) in [5.41, 5.74) is 2.14. The number of hydrazine groups is 1. The summed E-state index contributed by atoms with van der Waals surface area (Å²) in [6, 6.07) is 5.41. The number of piperidine rings is 1. The Bertz CT molecular complexity index is 921. The minimum Gasteiger partial charge on any atom is -0.353 e. The zero-order valence-corrected chi connectivity index (χ0v) is 19.3. The van der Waals surface area contributed by atoms with Crippen LogP contribution >= 0.6 is 0 Å². The van der Waals surface area contributed by atoms with Crippen LogP contribution in [0.5, 0.6) is 0 Å². The van der Waals surface area contributed by atoms with E-state index in [9.17, 15) is 18.5 Å². The first kappa shape index (κ1) is 23.6. The number of carbonyl (C=O) groups is 1. The van der Waals surface area contributed by atoms with E-state index < -0.39 is 15.6 Å². The molecule has 0 bridgehead atoms. The number of nitriles is 1. The number of hydrogen-bond donors (Lipinski definition) is 2. The fraction of sp³-hybridized carbons (Fsp3) is 0.667. The van der Waals surface area contributed by atoms with E-state index in [0.29, 0.717) is 31.9 Å². The molecule has 0 aliphatic carbocycles. The number of rotatable bonds is 8. The van der Waals surface area contributed by atoms with Gasteiger partial charge in [-0.2, -0.15) is 9.57 Å². The summed E-state index contributed by atoms with van der Waals surface area (Å²) in [4.78, 5) is 16.7. The molecule has 1 aromatic heterocycles. The van der Waals surface area contributed by atoms with Gasteiger partial charge in [0, 0.05) is 25.8 Å². The molecular weight excluding hydrogens is 416 g/mol. The second kappa shape index (κ2) is 9.61. The molecule has 2 aliphatic rings. The molecule has 0 spiro atoms. The van der Waals surface area contributed by atoms with Crippen molar-refractivity contribution >= 4 is 21.6 Å². The third kappa shape index (κ3) is 4.90. The molecule has 2 atom stereocenters. The van der Waals surface area contributed by atoms with Crippen LogP contribution < -0.4 is 10.7 Å². The lowest BCUT2D eigenvalue weighted by molar-refractivity contribution is -0.126. The molecule has 2 N–H and O–H groups in total. The van der Waals surface area contributed by atoms with Crippen molar-refractivity contribution in [3.63, 3.8) is 0 Å². The number of nitrogens with zero attached hydrogens (tertiary/aromatic N) is 4. The number of carbonyl (C=O) groups excluding carboxylic acids is 1. The predicted molar refractivity (Wildman–Crippen MR) is 117 cm³/mol. The summed E-state index contributed by atoms with van der Waals surface area (Å²) in [5, 5.41) is 14.7. The van der Waals surface area contributed by atoms with Crippen molar-refractivity contribution in [1.82, 2.24) is 19.7 Å². The van der Waals surface area contributed by atoms with Gasteiger partial charge < -0.3 is 5.32 Å². The predicted octanol–water partition coefficient (Wildman–Crippen LogP) is 2.10. The molecule has 0 aromatic carbocycles. The molecule has 0 amide bonds. The van der Waals surface area contributed by atoms with E-state index in [0.717, 1.165) is 25.7 Å². The van der Waals surface area contributed by atoms with Crippen molar-refractivity contribution in [3.05, 3.63) is 18.3 Å². The van der Waals surface area contributed by atoms with E-state index in [4.69, 9.17) is 0 Å². The largest absolute Gasteiger partial charge is 0.353 e. The average Bonchev–Trinajstić information content (AvgIpc) is 3.18. The molecule has 170 valence electrons. The van der Waals surface area contributed by atoms with Gasteiger partial charge in [-0.25, -0.2) is 23.8 Å². The molecule has 9 nitrogen and oxygen atoms in total. The third-order valence-electron chi connectivity index (χ3n) is 6.10. The molecule has 3 rings (SSSR count). The van der Waals surface area contributed by atoms with E-state index >= 15 is 0 Å². The Kier molecular flexibility index (Phi) is 7.31. The lowest BCUT2D eigenvalue weighted by Gasteiger charge is -2.36. The maximum atomic E-state index is 12.8. The number of aromatic nitrogens is 1. The number of sulfonamides is 1. The molecule has 2 aliphatic heterocycles. The second-order valence-electron chi connectivity index (χ2n) is 8.62. The van der Waals surface area contributed by atoms with Gasteiger partial charge in [-0.05, 0) is 50.7 Å². The number of Topliss-reactive ketones (excluding diaryl/α,β-unsaturated/α-hetero) is 1. The minimum absolute atomic E-state index is 0.113. The SMILES string of the molecule is CC(=O)C1(C#N)CCCN1NC(Nc1ccc(S(=O)(=O)N2CCCCC2)cn1)C(C)C. The number of pyridine rings is 1. The lowest BCUT2D eigenvalue weighted by Crippen LogP contribution is -2.60. The monoisotopic (exact) mass is 448 g/mol. The number of nitrogens with one attached hydrogen (secondary N) is 2. The Balaban J connectivity index is 1.72. The van der Waals surface area contributed by atoms with Crippen molar-refractivity contribution in [3.8, 4) is 6.07 Å². The quantitative estimate of drug-likeness (QED) is 0.581. The molecular formula is C21H32N6O3S. The highest BCUT2D eigenvalue weighted by Crippen LogP contribution is 2.29. The van der Waals surface area contributed by atoms with Crippen LogP contribution in [0.1, 0.15) is 52.9 Å². The van der Waals surface area contributed by atoms with Crippen LogP contribution in [-0.4, -0.2) is 59.8 Å². The standard InChI is InChI=1S/C21H32N6O3S/c1-16(2)20(25-27-13-7-10-21(27,15-22)17(3)28)24-19-9-8-18(14-23-19)31(29,30)26-11-5-4-6-12-26/h8-9,14,16,20,25H,4-7,10-13H2,1-3H3,(H,23,24). The van der Waals surface area contributed by atoms with Gasteiger partial charge in [0.2, 0.25) is 10.0 Å². The van der Waals surface area contributed by atoms with Crippen LogP contribution in [0.2, 0.25) is 0 Å². The summed E-state index contributed by atoms with van der Waals surface area (Å²) in [5.74, 6) is 0.462. The van der Waals surface area contributed by atoms with Crippen LogP contribution in [0.4, 0.5) is 5.82 Å². The summed E-state index contributed by atoms with van der Waals surface area (Å²) >= 11 is 0. The van der Waals surface area contributed by atoms with Gasteiger partial charge in [-0.1, -0.05) is 20.3 Å². The van der Waals surface area contributed by atoms with Gasteiger partial charge in [0.15, 0.2) is 11.3 Å². The maximum absolute atomic E-state index is 12.8. The number of anilines is 1. The van der Waals surface area contributed by atoms with Gasteiger partial charge in [0.05, 0.1) is 12.2 Å². The first-order chi connectivity index (χ1) is 14.7. The number of ketones is 1. The summed E-state index contributed by atoms with van der Waals surface area (Å²) in [6.45, 7) is 7.17. The van der Waals surface area contributed by atoms with Gasteiger partial charge in [-0.15, -0.1) is 0 Å². The Morgan fingerprint density at radius 1 is 1.19 bits per heavy atom. The van der Waals surface area contributed by atoms with Crippen molar-refractivity contribution < 1.29 is 13.2 Å². The van der Waals surface area contributed by atoms with Crippen LogP contribution in [-0.2, 0) is 14.8 Å². The molecule has 3 heterocycles. The topological polar surface area (TPSA) is 118 Å². The number of hydrogen-bond acceptors (Lipinski definition) is 8. The lowest BCUT2D eigenvalue weighted by atomic mass is 9.94. The third-order valence-corrected chi connectivity index (χ3v) is 7.98. The van der Waals surface area contributed by atoms with E-state index in [1.165, 1.54) is 17.4 Å². The fourth-order valence-electron chi connectivity index (χ4n) is 4.10. The molecule has 1 aromatic rings. The first-order valence-corrected chi connectivity index (χ1v) is 12.3. The van der Waals surface area contributed by atoms with Gasteiger partial charge in [0.1, 0.15) is 10.7 Å². The van der Waals surface area contributed by atoms with Gasteiger partial charge >= 0.3 is 0 Å². The maximum Gasteiger partial charge on any atom is 0.244 e. The van der Waals surface area contributed by atoms with Crippen molar-refractivity contribution in [2.45, 2.75) is 69.5 Å². The van der Waals surface area contributed by atoms with Crippen LogP contribution in [0.15, 0.2) is 23.2 Å². The zero-order chi connectivity index (χ0) is 22.6. The van der Waals surface area contributed by atoms with Crippen molar-refractivity contribution in [2.75, 3.05) is 25.0 Å². The van der Waals surface area contributed by atoms with Crippen LogP contribution in [0.25, 0.3) is 0 Å². The summed E-state index contributed by atoms with van der Waals surface area (Å²) in [6.07, 6.45) is 5.18. The highest BCUT2D eigenvalue weighted by Gasteiger charge is 2.46. The Labute approximate surface area is 184 Å². The van der Waals surface area contributed by atoms with Crippen LogP contribution in [0.3, 0.4) is 0 Å². The van der Waals surface area contributed by atoms with Crippen molar-refractivity contribution in [1.29, 1.82) is 5.26 Å². The summed E-state index contributed by atoms with van der Waals surface area (Å²) < 4.78 is 27.1. The first-order valence-electron chi connectivity index (χ1n) is 10.9. The molecule has 10 heteroatoms. The highest BCUT2D eigenvalue weighted by atomic mass is 32.2. The minimum atomic E-state index is -3.52. The Morgan fingerprint density at radius 2 is 1.90 bits per heavy atom. The van der Waals surface area contributed by atoms with E-state index in [1.54, 1.807) is 17.1 Å². The molecule has 31 heavy (non-hydrogen) atoms. The Morgan fingerprint density at radius 3 is 2.45 bits per heavy atom. The smallest absolute Gasteiger partial charge is 0.244 e. The molecule has 2 fully saturated rings. The summed E-state index contributed by atoms with van der Waals surface area (Å²) in [7, 11) is -3.52. The van der Waals surface area contributed by atoms with Crippen molar-refractivity contribution in [2.24, 2.45) is 5.92 Å². The second-order valence-corrected chi connectivity index (χ2v) is 10.6. The molecule has 0 radical (unpaired) electrons. The normalized spacial score (nSPS) is 24.1. The van der Waals surface area contributed by atoms with Gasteiger partial charge in [-0.3, -0.25) is 4.79 Å². The molecule has 0 saturated carbocycles. The Hall–Kier alpha value is -2.06. The van der Waals surface area contributed by atoms with Crippen LogP contribution in [0, 0.1) is 17.2 Å². The molecule has 2 unspecified atom stereocenters. The zero-order valence-electron chi connectivity index (χ0n) is 18.5.